The Morgan fingerprint density at radius 3 is 2.83 bits per heavy atom. The highest BCUT2D eigenvalue weighted by Crippen LogP contribution is 2.33. The van der Waals surface area contributed by atoms with E-state index in [-0.39, 0.29) is 5.41 Å². The van der Waals surface area contributed by atoms with E-state index in [0.29, 0.717) is 5.78 Å². The number of aryl methyl sites for hydroxylation is 1. The molecule has 1 aromatic carbocycles. The zero-order valence-corrected chi connectivity index (χ0v) is 11.5. The smallest absolute Gasteiger partial charge is 0.170 e. The van der Waals surface area contributed by atoms with Crippen molar-refractivity contribution in [2.45, 2.75) is 39.5 Å². The molecule has 1 heterocycles. The Hall–Kier alpha value is -1.15. The Bertz CT molecular complexity index is 419. The second-order valence-electron chi connectivity index (χ2n) is 5.34. The molecule has 1 aliphatic heterocycles. The van der Waals surface area contributed by atoms with Gasteiger partial charge in [0.2, 0.25) is 0 Å². The fraction of sp³-hybridized carbons (Fsp3) is 0.562. The first-order valence-electron chi connectivity index (χ1n) is 7.06. The average Bonchev–Trinajstić information content (AvgIpc) is 2.88. The van der Waals surface area contributed by atoms with Crippen LogP contribution in [0.2, 0.25) is 0 Å². The van der Waals surface area contributed by atoms with Gasteiger partial charge in [0.15, 0.2) is 5.78 Å². The summed E-state index contributed by atoms with van der Waals surface area (Å²) in [6, 6.07) is 8.19. The van der Waals surface area contributed by atoms with E-state index >= 15 is 0 Å². The number of ketones is 1. The van der Waals surface area contributed by atoms with E-state index in [4.69, 9.17) is 0 Å². The number of benzene rings is 1. The van der Waals surface area contributed by atoms with Gasteiger partial charge in [-0.05, 0) is 37.4 Å². The highest BCUT2D eigenvalue weighted by Gasteiger charge is 2.39. The van der Waals surface area contributed by atoms with E-state index in [1.807, 2.05) is 12.1 Å². The van der Waals surface area contributed by atoms with Crippen molar-refractivity contribution in [1.29, 1.82) is 0 Å². The lowest BCUT2D eigenvalue weighted by atomic mass is 9.77. The van der Waals surface area contributed by atoms with Crippen molar-refractivity contribution in [1.82, 2.24) is 5.32 Å². The summed E-state index contributed by atoms with van der Waals surface area (Å²) in [6.45, 7) is 6.10. The van der Waals surface area contributed by atoms with Gasteiger partial charge in [-0.2, -0.15) is 0 Å². The molecule has 0 saturated carbocycles. The molecule has 0 spiro atoms. The van der Waals surface area contributed by atoms with Crippen LogP contribution in [0.1, 0.15) is 49.0 Å². The third-order valence-electron chi connectivity index (χ3n) is 4.13. The van der Waals surface area contributed by atoms with Crippen LogP contribution in [0, 0.1) is 5.41 Å². The Morgan fingerprint density at radius 1 is 1.39 bits per heavy atom. The third kappa shape index (κ3) is 2.49. The fourth-order valence-electron chi connectivity index (χ4n) is 2.86. The number of carbonyl (C=O) groups excluding carboxylic acids is 1. The topological polar surface area (TPSA) is 29.1 Å². The van der Waals surface area contributed by atoms with E-state index in [1.165, 1.54) is 5.56 Å². The van der Waals surface area contributed by atoms with Crippen molar-refractivity contribution in [2.75, 3.05) is 13.1 Å². The van der Waals surface area contributed by atoms with Crippen molar-refractivity contribution in [3.05, 3.63) is 35.4 Å². The van der Waals surface area contributed by atoms with Gasteiger partial charge >= 0.3 is 0 Å². The molecule has 1 N–H and O–H groups in total. The summed E-state index contributed by atoms with van der Waals surface area (Å²) in [4.78, 5) is 12.7. The number of nitrogens with one attached hydrogen (secondary N) is 1. The van der Waals surface area contributed by atoms with Crippen molar-refractivity contribution in [3.8, 4) is 0 Å². The van der Waals surface area contributed by atoms with Gasteiger partial charge in [0.1, 0.15) is 0 Å². The number of carbonyl (C=O) groups is 1. The monoisotopic (exact) mass is 245 g/mol. The van der Waals surface area contributed by atoms with Crippen LogP contribution in [-0.4, -0.2) is 18.9 Å². The average molecular weight is 245 g/mol. The molecule has 98 valence electrons. The molecule has 0 amide bonds. The van der Waals surface area contributed by atoms with Crippen molar-refractivity contribution in [3.63, 3.8) is 0 Å². The van der Waals surface area contributed by atoms with Gasteiger partial charge in [-0.15, -0.1) is 0 Å². The highest BCUT2D eigenvalue weighted by molar-refractivity contribution is 6.01. The number of Topliss-reactive ketones (excluding diaryl/α,β-unsaturated/α-hetero) is 1. The maximum Gasteiger partial charge on any atom is 0.170 e. The molecule has 0 radical (unpaired) electrons. The second kappa shape index (κ2) is 5.66. The van der Waals surface area contributed by atoms with Crippen molar-refractivity contribution < 1.29 is 4.79 Å². The lowest BCUT2D eigenvalue weighted by molar-refractivity contribution is 0.0810. The standard InChI is InChI=1S/C16H23NO/c1-3-6-13-7-5-8-14(11-13)15(18)16(4-2)9-10-17-12-16/h5,7-8,11,17H,3-4,6,9-10,12H2,1-2H3. The lowest BCUT2D eigenvalue weighted by Crippen LogP contribution is -2.33. The van der Waals surface area contributed by atoms with Gasteiger partial charge in [0, 0.05) is 17.5 Å². The number of hydrogen-bond acceptors (Lipinski definition) is 2. The molecule has 1 unspecified atom stereocenters. The zero-order valence-electron chi connectivity index (χ0n) is 11.5. The zero-order chi connectivity index (χ0) is 13.0. The van der Waals surface area contributed by atoms with Crippen LogP contribution < -0.4 is 5.32 Å². The minimum Gasteiger partial charge on any atom is -0.316 e. The first-order chi connectivity index (χ1) is 8.72. The third-order valence-corrected chi connectivity index (χ3v) is 4.13. The molecule has 1 aromatic rings. The summed E-state index contributed by atoms with van der Waals surface area (Å²) in [5.74, 6) is 0.327. The first kappa shape index (κ1) is 13.3. The molecule has 1 saturated heterocycles. The highest BCUT2D eigenvalue weighted by atomic mass is 16.1. The molecule has 1 fully saturated rings. The van der Waals surface area contributed by atoms with Gasteiger partial charge in [-0.25, -0.2) is 0 Å². The molecule has 2 rings (SSSR count). The van der Waals surface area contributed by atoms with Crippen LogP contribution >= 0.6 is 0 Å². The number of rotatable bonds is 5. The van der Waals surface area contributed by atoms with E-state index in [0.717, 1.165) is 44.3 Å². The van der Waals surface area contributed by atoms with Crippen LogP contribution in [-0.2, 0) is 6.42 Å². The Kier molecular flexibility index (Phi) is 4.18. The maximum atomic E-state index is 12.7. The molecule has 0 bridgehead atoms. The van der Waals surface area contributed by atoms with Crippen molar-refractivity contribution >= 4 is 5.78 Å². The van der Waals surface area contributed by atoms with E-state index in [1.54, 1.807) is 0 Å². The predicted molar refractivity (Wildman–Crippen MR) is 75.0 cm³/mol. The Balaban J connectivity index is 2.24. The predicted octanol–water partition coefficient (Wildman–Crippen LogP) is 3.21. The normalized spacial score (nSPS) is 23.2. The first-order valence-corrected chi connectivity index (χ1v) is 7.06. The van der Waals surface area contributed by atoms with Crippen LogP contribution in [0.15, 0.2) is 24.3 Å². The lowest BCUT2D eigenvalue weighted by Gasteiger charge is -2.25. The minimum absolute atomic E-state index is 0.162. The summed E-state index contributed by atoms with van der Waals surface area (Å²) in [5.41, 5.74) is 2.01. The van der Waals surface area contributed by atoms with Crippen LogP contribution in [0.4, 0.5) is 0 Å². The quantitative estimate of drug-likeness (QED) is 0.807. The summed E-state index contributed by atoms with van der Waals surface area (Å²) in [6.07, 6.45) is 4.08. The molecule has 0 aromatic heterocycles. The van der Waals surface area contributed by atoms with E-state index < -0.39 is 0 Å². The van der Waals surface area contributed by atoms with E-state index in [9.17, 15) is 4.79 Å². The summed E-state index contributed by atoms with van der Waals surface area (Å²) < 4.78 is 0. The maximum absolute atomic E-state index is 12.7. The van der Waals surface area contributed by atoms with Crippen LogP contribution in [0.5, 0.6) is 0 Å². The molecular weight excluding hydrogens is 222 g/mol. The molecule has 0 aliphatic carbocycles. The summed E-state index contributed by atoms with van der Waals surface area (Å²) in [5, 5.41) is 3.33. The Labute approximate surface area is 110 Å². The second-order valence-corrected chi connectivity index (χ2v) is 5.34. The van der Waals surface area contributed by atoms with Gasteiger partial charge in [0.25, 0.3) is 0 Å². The van der Waals surface area contributed by atoms with Crippen LogP contribution in [0.3, 0.4) is 0 Å². The van der Waals surface area contributed by atoms with Gasteiger partial charge in [0.05, 0.1) is 0 Å². The minimum atomic E-state index is -0.162. The van der Waals surface area contributed by atoms with Gasteiger partial charge in [-0.3, -0.25) is 4.79 Å². The van der Waals surface area contributed by atoms with E-state index in [2.05, 4.69) is 31.3 Å². The Morgan fingerprint density at radius 2 is 2.22 bits per heavy atom. The fourth-order valence-corrected chi connectivity index (χ4v) is 2.86. The number of hydrogen-bond donors (Lipinski definition) is 1. The molecule has 18 heavy (non-hydrogen) atoms. The van der Waals surface area contributed by atoms with Gasteiger partial charge in [-0.1, -0.05) is 38.5 Å². The molecule has 2 heteroatoms. The largest absolute Gasteiger partial charge is 0.316 e. The summed E-state index contributed by atoms with van der Waals surface area (Å²) >= 11 is 0. The SMILES string of the molecule is CCCc1cccc(C(=O)C2(CC)CCNC2)c1. The molecule has 1 aliphatic rings. The molecule has 2 nitrogen and oxygen atoms in total. The molecular formula is C16H23NO. The molecule has 1 atom stereocenters. The summed E-state index contributed by atoms with van der Waals surface area (Å²) in [7, 11) is 0. The van der Waals surface area contributed by atoms with Gasteiger partial charge < -0.3 is 5.32 Å². The van der Waals surface area contributed by atoms with Crippen LogP contribution in [0.25, 0.3) is 0 Å². The van der Waals surface area contributed by atoms with Crippen molar-refractivity contribution in [2.24, 2.45) is 5.41 Å².